The van der Waals surface area contributed by atoms with Gasteiger partial charge in [0, 0.05) is 12.5 Å². The molecule has 2 atom stereocenters. The molecule has 6 nitrogen and oxygen atoms in total. The molecule has 1 fully saturated rings. The molecule has 0 aromatic carbocycles. The van der Waals surface area contributed by atoms with Gasteiger partial charge in [0.2, 0.25) is 0 Å². The van der Waals surface area contributed by atoms with Crippen LogP contribution in [-0.2, 0) is 19.1 Å². The van der Waals surface area contributed by atoms with E-state index in [0.29, 0.717) is 0 Å². The van der Waals surface area contributed by atoms with E-state index in [4.69, 9.17) is 4.74 Å². The van der Waals surface area contributed by atoms with Gasteiger partial charge >= 0.3 is 12.1 Å². The van der Waals surface area contributed by atoms with E-state index in [2.05, 4.69) is 4.74 Å². The highest BCUT2D eigenvalue weighted by Gasteiger charge is 2.52. The second-order valence-electron chi connectivity index (χ2n) is 7.37. The minimum atomic E-state index is -1.21. The Labute approximate surface area is 125 Å². The van der Waals surface area contributed by atoms with E-state index in [1.165, 1.54) is 12.0 Å². The predicted molar refractivity (Wildman–Crippen MR) is 76.7 cm³/mol. The first-order valence-electron chi connectivity index (χ1n) is 7.00. The highest BCUT2D eigenvalue weighted by atomic mass is 16.6. The summed E-state index contributed by atoms with van der Waals surface area (Å²) < 4.78 is 10.0. The average molecular weight is 299 g/mol. The van der Waals surface area contributed by atoms with Gasteiger partial charge in [0.25, 0.3) is 0 Å². The lowest BCUT2D eigenvalue weighted by Gasteiger charge is -2.36. The van der Waals surface area contributed by atoms with Crippen molar-refractivity contribution in [2.24, 2.45) is 5.41 Å². The number of ether oxygens (including phenoxy) is 2. The molecule has 1 aliphatic rings. The molecule has 1 rings (SSSR count). The van der Waals surface area contributed by atoms with E-state index in [1.54, 1.807) is 20.8 Å². The fourth-order valence-corrected chi connectivity index (χ4v) is 2.36. The zero-order valence-electron chi connectivity index (χ0n) is 13.9. The number of ketones is 1. The first kappa shape index (κ1) is 17.5. The first-order chi connectivity index (χ1) is 9.38. The van der Waals surface area contributed by atoms with Gasteiger partial charge in [-0.25, -0.2) is 9.59 Å². The van der Waals surface area contributed by atoms with Crippen LogP contribution in [0.25, 0.3) is 0 Å². The zero-order chi connectivity index (χ0) is 16.6. The quantitative estimate of drug-likeness (QED) is 0.548. The average Bonchev–Trinajstić information content (AvgIpc) is 2.63. The highest BCUT2D eigenvalue weighted by molar-refractivity contribution is 6.07. The zero-order valence-corrected chi connectivity index (χ0v) is 13.9. The van der Waals surface area contributed by atoms with Gasteiger partial charge in [-0.15, -0.1) is 0 Å². The summed E-state index contributed by atoms with van der Waals surface area (Å²) in [6.45, 7) is 11.0. The van der Waals surface area contributed by atoms with Crippen molar-refractivity contribution < 1.29 is 23.9 Å². The third-order valence-corrected chi connectivity index (χ3v) is 3.34. The molecule has 0 spiro atoms. The second kappa shape index (κ2) is 5.66. The van der Waals surface area contributed by atoms with Crippen molar-refractivity contribution in [2.45, 2.75) is 65.6 Å². The number of carbonyl (C=O) groups excluding carboxylic acids is 3. The molecule has 0 aromatic heterocycles. The minimum absolute atomic E-state index is 0.127. The molecule has 0 aromatic rings. The minimum Gasteiger partial charge on any atom is -0.467 e. The second-order valence-corrected chi connectivity index (χ2v) is 7.37. The summed E-state index contributed by atoms with van der Waals surface area (Å²) in [6, 6.07) is -1.61. The number of Topliss-reactive ketones (excluding diaryl/α,β-unsaturated/α-hetero) is 1. The largest absolute Gasteiger partial charge is 0.467 e. The number of amides is 1. The maximum absolute atomic E-state index is 12.4. The van der Waals surface area contributed by atoms with Crippen LogP contribution in [0.4, 0.5) is 4.79 Å². The summed E-state index contributed by atoms with van der Waals surface area (Å²) in [5.41, 5.74) is -1.05. The van der Waals surface area contributed by atoms with Gasteiger partial charge in [-0.05, 0) is 26.2 Å². The van der Waals surface area contributed by atoms with Gasteiger partial charge in [0.1, 0.15) is 5.60 Å². The molecule has 0 aliphatic carbocycles. The van der Waals surface area contributed by atoms with Gasteiger partial charge in [0.15, 0.2) is 11.8 Å². The SMILES string of the molecule is COC(=O)[C@@H]1C(=O)C[C@H](C(C)(C)C)N1C(=O)OC(C)(C)C. The maximum atomic E-state index is 12.4. The lowest BCUT2D eigenvalue weighted by molar-refractivity contribution is -0.149. The molecule has 0 saturated carbocycles. The Balaban J connectivity index is 3.17. The summed E-state index contributed by atoms with van der Waals surface area (Å²) in [6.07, 6.45) is -0.536. The van der Waals surface area contributed by atoms with Crippen LogP contribution in [0.3, 0.4) is 0 Å². The van der Waals surface area contributed by atoms with E-state index in [9.17, 15) is 14.4 Å². The van der Waals surface area contributed by atoms with E-state index in [-0.39, 0.29) is 17.6 Å². The molecule has 0 bridgehead atoms. The van der Waals surface area contributed by atoms with E-state index >= 15 is 0 Å². The molecular formula is C15H25NO5. The van der Waals surface area contributed by atoms with Gasteiger partial charge in [-0.3, -0.25) is 9.69 Å². The van der Waals surface area contributed by atoms with Gasteiger partial charge < -0.3 is 9.47 Å². The number of nitrogens with zero attached hydrogens (tertiary/aromatic N) is 1. The fourth-order valence-electron chi connectivity index (χ4n) is 2.36. The van der Waals surface area contributed by atoms with Crippen LogP contribution in [-0.4, -0.2) is 47.5 Å². The molecule has 0 unspecified atom stereocenters. The van der Waals surface area contributed by atoms with Crippen LogP contribution >= 0.6 is 0 Å². The molecule has 120 valence electrons. The van der Waals surface area contributed by atoms with Crippen molar-refractivity contribution in [3.05, 3.63) is 0 Å². The third kappa shape index (κ3) is 3.95. The lowest BCUT2D eigenvalue weighted by atomic mass is 9.85. The van der Waals surface area contributed by atoms with Gasteiger partial charge in [0.05, 0.1) is 7.11 Å². The van der Waals surface area contributed by atoms with E-state index < -0.39 is 29.7 Å². The van der Waals surface area contributed by atoms with Crippen LogP contribution in [0.15, 0.2) is 0 Å². The van der Waals surface area contributed by atoms with Crippen molar-refractivity contribution in [3.63, 3.8) is 0 Å². The molecule has 1 aliphatic heterocycles. The van der Waals surface area contributed by atoms with Crippen LogP contribution in [0.5, 0.6) is 0 Å². The topological polar surface area (TPSA) is 72.9 Å². The number of likely N-dealkylation sites (tertiary alicyclic amines) is 1. The molecule has 1 amide bonds. The molecule has 0 radical (unpaired) electrons. The number of hydrogen-bond donors (Lipinski definition) is 0. The Kier molecular flexibility index (Phi) is 4.70. The van der Waals surface area contributed by atoms with Crippen LogP contribution in [0.1, 0.15) is 48.0 Å². The Morgan fingerprint density at radius 2 is 1.67 bits per heavy atom. The number of hydrogen-bond acceptors (Lipinski definition) is 5. The monoisotopic (exact) mass is 299 g/mol. The molecule has 6 heteroatoms. The number of rotatable bonds is 1. The normalized spacial score (nSPS) is 23.2. The molecule has 1 heterocycles. The summed E-state index contributed by atoms with van der Waals surface area (Å²) >= 11 is 0. The smallest absolute Gasteiger partial charge is 0.411 e. The van der Waals surface area contributed by atoms with Crippen molar-refractivity contribution in [1.82, 2.24) is 4.90 Å². The van der Waals surface area contributed by atoms with Crippen LogP contribution in [0, 0.1) is 5.41 Å². The Morgan fingerprint density at radius 3 is 2.05 bits per heavy atom. The molecule has 1 saturated heterocycles. The van der Waals surface area contributed by atoms with E-state index in [0.717, 1.165) is 0 Å². The van der Waals surface area contributed by atoms with Crippen LogP contribution < -0.4 is 0 Å². The number of esters is 1. The van der Waals surface area contributed by atoms with Crippen molar-refractivity contribution in [3.8, 4) is 0 Å². The Morgan fingerprint density at radius 1 is 1.14 bits per heavy atom. The van der Waals surface area contributed by atoms with Crippen molar-refractivity contribution in [2.75, 3.05) is 7.11 Å². The first-order valence-corrected chi connectivity index (χ1v) is 7.00. The highest BCUT2D eigenvalue weighted by Crippen LogP contribution is 2.35. The Bertz CT molecular complexity index is 444. The summed E-state index contributed by atoms with van der Waals surface area (Å²) in [5.74, 6) is -1.04. The number of carbonyl (C=O) groups is 3. The summed E-state index contributed by atoms with van der Waals surface area (Å²) in [5, 5.41) is 0. The van der Waals surface area contributed by atoms with Gasteiger partial charge in [-0.1, -0.05) is 20.8 Å². The van der Waals surface area contributed by atoms with Crippen molar-refractivity contribution >= 4 is 17.8 Å². The summed E-state index contributed by atoms with van der Waals surface area (Å²) in [4.78, 5) is 37.7. The summed E-state index contributed by atoms with van der Waals surface area (Å²) in [7, 11) is 1.20. The standard InChI is InChI=1S/C15H25NO5/c1-14(2,3)10-8-9(17)11(12(18)20-7)16(10)13(19)21-15(4,5)6/h10-11H,8H2,1-7H3/t10-,11+/m1/s1. The molecule has 21 heavy (non-hydrogen) atoms. The fraction of sp³-hybridized carbons (Fsp3) is 0.800. The number of methoxy groups -OCH3 is 1. The van der Waals surface area contributed by atoms with Gasteiger partial charge in [-0.2, -0.15) is 0 Å². The van der Waals surface area contributed by atoms with Crippen molar-refractivity contribution in [1.29, 1.82) is 0 Å². The van der Waals surface area contributed by atoms with Crippen LogP contribution in [0.2, 0.25) is 0 Å². The van der Waals surface area contributed by atoms with E-state index in [1.807, 2.05) is 20.8 Å². The third-order valence-electron chi connectivity index (χ3n) is 3.34. The molecule has 0 N–H and O–H groups in total. The maximum Gasteiger partial charge on any atom is 0.411 e. The Hall–Kier alpha value is -1.59. The lowest BCUT2D eigenvalue weighted by Crippen LogP contribution is -2.52. The predicted octanol–water partition coefficient (Wildman–Crippen LogP) is 2.15. The molecular weight excluding hydrogens is 274 g/mol.